The fraction of sp³-hybridized carbons (Fsp3) is 0.905. The molecule has 22 heavy (non-hydrogen) atoms. The van der Waals surface area contributed by atoms with Crippen molar-refractivity contribution in [2.24, 2.45) is 17.8 Å². The van der Waals surface area contributed by atoms with Gasteiger partial charge in [0.25, 0.3) is 0 Å². The van der Waals surface area contributed by atoms with Gasteiger partial charge in [-0.1, -0.05) is 52.4 Å². The molecule has 0 amide bonds. The summed E-state index contributed by atoms with van der Waals surface area (Å²) in [6, 6.07) is 0. The standard InChI is InChI=1S/C21H38O/c1-3-5-7-16-22-21-11-8-10-20(17-21)19-14-12-18(13-15-19)9-6-4-2/h7,16,18-21H,3-6,8-15,17H2,1-2H3/t18-,19-,20-,21-/m1/s1. The van der Waals surface area contributed by atoms with Gasteiger partial charge in [-0.15, -0.1) is 0 Å². The maximum absolute atomic E-state index is 6.00. The van der Waals surface area contributed by atoms with Crippen LogP contribution in [0.5, 0.6) is 0 Å². The number of rotatable bonds is 8. The number of unbranched alkanes of at least 4 members (excludes halogenated alkanes) is 2. The van der Waals surface area contributed by atoms with Crippen LogP contribution < -0.4 is 0 Å². The average Bonchev–Trinajstić information content (AvgIpc) is 2.58. The van der Waals surface area contributed by atoms with E-state index in [4.69, 9.17) is 4.74 Å². The Morgan fingerprint density at radius 3 is 2.45 bits per heavy atom. The van der Waals surface area contributed by atoms with Crippen molar-refractivity contribution < 1.29 is 4.74 Å². The molecule has 0 saturated heterocycles. The van der Waals surface area contributed by atoms with E-state index < -0.39 is 0 Å². The van der Waals surface area contributed by atoms with Crippen LogP contribution in [-0.4, -0.2) is 6.10 Å². The second-order valence-electron chi connectivity index (χ2n) is 7.77. The van der Waals surface area contributed by atoms with Crippen LogP contribution in [0.15, 0.2) is 12.3 Å². The van der Waals surface area contributed by atoms with Crippen LogP contribution in [0.3, 0.4) is 0 Å². The highest BCUT2D eigenvalue weighted by Crippen LogP contribution is 2.41. The predicted molar refractivity (Wildman–Crippen MR) is 95.9 cm³/mol. The summed E-state index contributed by atoms with van der Waals surface area (Å²) in [5.74, 6) is 3.00. The van der Waals surface area contributed by atoms with Crippen molar-refractivity contribution in [3.63, 3.8) is 0 Å². The molecule has 0 spiro atoms. The molecule has 0 aliphatic heterocycles. The number of allylic oxidation sites excluding steroid dienone is 1. The second-order valence-corrected chi connectivity index (χ2v) is 7.77. The van der Waals surface area contributed by atoms with Gasteiger partial charge in [-0.3, -0.25) is 0 Å². The van der Waals surface area contributed by atoms with Crippen LogP contribution in [0.4, 0.5) is 0 Å². The third-order valence-electron chi connectivity index (χ3n) is 6.01. The Hall–Kier alpha value is -0.460. The molecule has 0 aromatic carbocycles. The molecular weight excluding hydrogens is 268 g/mol. The van der Waals surface area contributed by atoms with E-state index in [1.54, 1.807) is 0 Å². The maximum Gasteiger partial charge on any atom is 0.0981 e. The van der Waals surface area contributed by atoms with Gasteiger partial charge < -0.3 is 4.74 Å². The molecule has 0 bridgehead atoms. The summed E-state index contributed by atoms with van der Waals surface area (Å²) in [7, 11) is 0. The van der Waals surface area contributed by atoms with Gasteiger partial charge in [-0.05, 0) is 68.8 Å². The van der Waals surface area contributed by atoms with Gasteiger partial charge in [-0.2, -0.15) is 0 Å². The average molecular weight is 307 g/mol. The lowest BCUT2D eigenvalue weighted by molar-refractivity contribution is 0.0510. The minimum Gasteiger partial charge on any atom is -0.498 e. The SMILES string of the molecule is CCCC=CO[C@@H]1CCC[C@@H]([C@H]2CC[C@H](CCCC)CC2)C1. The zero-order valence-electron chi connectivity index (χ0n) is 15.1. The van der Waals surface area contributed by atoms with E-state index in [0.29, 0.717) is 6.10 Å². The molecule has 2 saturated carbocycles. The fourth-order valence-corrected chi connectivity index (χ4v) is 4.58. The van der Waals surface area contributed by atoms with E-state index >= 15 is 0 Å². The Bertz CT molecular complexity index is 301. The van der Waals surface area contributed by atoms with Crippen molar-refractivity contribution in [3.8, 4) is 0 Å². The highest BCUT2D eigenvalue weighted by atomic mass is 16.5. The molecule has 0 radical (unpaired) electrons. The van der Waals surface area contributed by atoms with E-state index in [0.717, 1.165) is 24.2 Å². The van der Waals surface area contributed by atoms with Crippen molar-refractivity contribution in [1.29, 1.82) is 0 Å². The molecule has 1 nitrogen and oxygen atoms in total. The first-order chi connectivity index (χ1) is 10.8. The smallest absolute Gasteiger partial charge is 0.0981 e. The summed E-state index contributed by atoms with van der Waals surface area (Å²) in [4.78, 5) is 0. The zero-order valence-corrected chi connectivity index (χ0v) is 15.1. The zero-order chi connectivity index (χ0) is 15.6. The Labute approximate surface area is 138 Å². The summed E-state index contributed by atoms with van der Waals surface area (Å²) in [6.45, 7) is 4.54. The van der Waals surface area contributed by atoms with Crippen LogP contribution in [-0.2, 0) is 4.74 Å². The van der Waals surface area contributed by atoms with Gasteiger partial charge in [0, 0.05) is 0 Å². The normalized spacial score (nSPS) is 33.2. The molecule has 128 valence electrons. The minimum absolute atomic E-state index is 0.504. The van der Waals surface area contributed by atoms with E-state index in [-0.39, 0.29) is 0 Å². The fourth-order valence-electron chi connectivity index (χ4n) is 4.58. The number of hydrogen-bond donors (Lipinski definition) is 0. The van der Waals surface area contributed by atoms with Gasteiger partial charge in [0.1, 0.15) is 0 Å². The molecule has 2 aliphatic rings. The van der Waals surface area contributed by atoms with Crippen molar-refractivity contribution in [2.45, 2.75) is 103 Å². The Balaban J connectivity index is 1.69. The van der Waals surface area contributed by atoms with Crippen molar-refractivity contribution in [2.75, 3.05) is 0 Å². The number of hydrogen-bond acceptors (Lipinski definition) is 1. The minimum atomic E-state index is 0.504. The monoisotopic (exact) mass is 306 g/mol. The lowest BCUT2D eigenvalue weighted by Crippen LogP contribution is -2.29. The van der Waals surface area contributed by atoms with Crippen molar-refractivity contribution in [1.82, 2.24) is 0 Å². The van der Waals surface area contributed by atoms with Gasteiger partial charge in [-0.25, -0.2) is 0 Å². The van der Waals surface area contributed by atoms with E-state index in [2.05, 4.69) is 19.9 Å². The molecule has 0 N–H and O–H groups in total. The van der Waals surface area contributed by atoms with Crippen molar-refractivity contribution >= 4 is 0 Å². The first-order valence-corrected chi connectivity index (χ1v) is 10.1. The van der Waals surface area contributed by atoms with Crippen LogP contribution in [0.25, 0.3) is 0 Å². The Kier molecular flexibility index (Phi) is 8.41. The first-order valence-electron chi connectivity index (χ1n) is 10.1. The lowest BCUT2D eigenvalue weighted by atomic mass is 9.70. The topological polar surface area (TPSA) is 9.23 Å². The van der Waals surface area contributed by atoms with E-state index in [1.807, 2.05) is 6.26 Å². The molecular formula is C21H38O. The molecule has 0 unspecified atom stereocenters. The predicted octanol–water partition coefficient (Wildman–Crippen LogP) is 6.87. The summed E-state index contributed by atoms with van der Waals surface area (Å²) >= 11 is 0. The van der Waals surface area contributed by atoms with Gasteiger partial charge in [0.2, 0.25) is 0 Å². The van der Waals surface area contributed by atoms with E-state index in [9.17, 15) is 0 Å². The van der Waals surface area contributed by atoms with Gasteiger partial charge in [0.15, 0.2) is 0 Å². The lowest BCUT2D eigenvalue weighted by Gasteiger charge is -2.38. The van der Waals surface area contributed by atoms with E-state index in [1.165, 1.54) is 77.0 Å². The Morgan fingerprint density at radius 1 is 0.909 bits per heavy atom. The van der Waals surface area contributed by atoms with Gasteiger partial charge >= 0.3 is 0 Å². The molecule has 1 heteroatoms. The highest BCUT2D eigenvalue weighted by Gasteiger charge is 2.31. The Morgan fingerprint density at radius 2 is 1.73 bits per heavy atom. The molecule has 0 aromatic heterocycles. The largest absolute Gasteiger partial charge is 0.498 e. The third-order valence-corrected chi connectivity index (χ3v) is 6.01. The summed E-state index contributed by atoms with van der Waals surface area (Å²) in [6.07, 6.45) is 22.8. The number of ether oxygens (including phenoxy) is 1. The molecule has 2 rings (SSSR count). The molecule has 2 fully saturated rings. The summed E-state index contributed by atoms with van der Waals surface area (Å²) in [5, 5.41) is 0. The van der Waals surface area contributed by atoms with Crippen LogP contribution in [0.2, 0.25) is 0 Å². The quantitative estimate of drug-likeness (QED) is 0.444. The highest BCUT2D eigenvalue weighted by molar-refractivity contribution is 4.84. The molecule has 2 aliphatic carbocycles. The van der Waals surface area contributed by atoms with Crippen molar-refractivity contribution in [3.05, 3.63) is 12.3 Å². The molecule has 2 atom stereocenters. The third kappa shape index (κ3) is 5.97. The van der Waals surface area contributed by atoms with Crippen LogP contribution >= 0.6 is 0 Å². The van der Waals surface area contributed by atoms with Gasteiger partial charge in [0.05, 0.1) is 12.4 Å². The van der Waals surface area contributed by atoms with Crippen LogP contribution in [0.1, 0.15) is 97.3 Å². The summed E-state index contributed by atoms with van der Waals surface area (Å²) in [5.41, 5.74) is 0. The molecule has 0 heterocycles. The second kappa shape index (κ2) is 10.3. The molecule has 0 aromatic rings. The van der Waals surface area contributed by atoms with Crippen LogP contribution in [0, 0.1) is 17.8 Å². The first kappa shape index (κ1) is 17.9. The summed E-state index contributed by atoms with van der Waals surface area (Å²) < 4.78 is 6.00. The maximum atomic E-state index is 6.00.